The topological polar surface area (TPSA) is 64.3 Å². The molecule has 5 heteroatoms. The van der Waals surface area contributed by atoms with Gasteiger partial charge < -0.3 is 10.0 Å². The lowest BCUT2D eigenvalue weighted by atomic mass is 10.1. The number of carboxylic acids is 1. The molecule has 1 N–H and O–H groups in total. The number of aliphatic carboxylic acids is 1. The number of anilines is 1. The van der Waals surface area contributed by atoms with Gasteiger partial charge in [0.2, 0.25) is 0 Å². The number of benzene rings is 1. The minimum absolute atomic E-state index is 0.0103. The molecular formula is C13H13BrN2O2. The maximum Gasteiger partial charge on any atom is 0.305 e. The molecule has 1 heterocycles. The Morgan fingerprint density at radius 2 is 2.39 bits per heavy atom. The highest BCUT2D eigenvalue weighted by Crippen LogP contribution is 2.33. The molecule has 0 radical (unpaired) electrons. The maximum atomic E-state index is 10.9. The van der Waals surface area contributed by atoms with E-state index >= 15 is 0 Å². The molecule has 0 aliphatic carbocycles. The normalized spacial score (nSPS) is 18.7. The van der Waals surface area contributed by atoms with E-state index < -0.39 is 5.97 Å². The second-order valence-corrected chi connectivity index (χ2v) is 5.19. The molecule has 1 aliphatic rings. The lowest BCUT2D eigenvalue weighted by Crippen LogP contribution is -2.31. The Hall–Kier alpha value is -1.54. The van der Waals surface area contributed by atoms with Crippen molar-refractivity contribution in [1.82, 2.24) is 0 Å². The molecule has 1 aliphatic heterocycles. The van der Waals surface area contributed by atoms with E-state index in [2.05, 4.69) is 22.0 Å². The van der Waals surface area contributed by atoms with Gasteiger partial charge in [0.15, 0.2) is 0 Å². The van der Waals surface area contributed by atoms with E-state index in [0.29, 0.717) is 5.56 Å². The smallest absolute Gasteiger partial charge is 0.305 e. The lowest BCUT2D eigenvalue weighted by Gasteiger charge is -2.26. The Labute approximate surface area is 114 Å². The first-order chi connectivity index (χ1) is 8.63. The second kappa shape index (κ2) is 5.40. The number of nitrogens with zero attached hydrogens (tertiary/aromatic N) is 2. The molecule has 0 amide bonds. The molecule has 1 saturated heterocycles. The van der Waals surface area contributed by atoms with Crippen LogP contribution >= 0.6 is 15.9 Å². The number of hydrogen-bond acceptors (Lipinski definition) is 3. The van der Waals surface area contributed by atoms with Gasteiger partial charge in [-0.25, -0.2) is 0 Å². The van der Waals surface area contributed by atoms with Crippen molar-refractivity contribution in [3.8, 4) is 6.07 Å². The lowest BCUT2D eigenvalue weighted by molar-refractivity contribution is -0.137. The molecule has 18 heavy (non-hydrogen) atoms. The molecule has 1 unspecified atom stereocenters. The number of nitriles is 1. The van der Waals surface area contributed by atoms with E-state index in [1.807, 2.05) is 23.1 Å². The summed E-state index contributed by atoms with van der Waals surface area (Å²) in [7, 11) is 0. The van der Waals surface area contributed by atoms with Crippen molar-refractivity contribution >= 4 is 27.6 Å². The van der Waals surface area contributed by atoms with Crippen LogP contribution in [0.1, 0.15) is 24.8 Å². The average molecular weight is 309 g/mol. The zero-order valence-electron chi connectivity index (χ0n) is 9.77. The van der Waals surface area contributed by atoms with Gasteiger partial charge in [-0.15, -0.1) is 0 Å². The highest BCUT2D eigenvalue weighted by molar-refractivity contribution is 9.10. The summed E-state index contributed by atoms with van der Waals surface area (Å²) < 4.78 is 0.753. The summed E-state index contributed by atoms with van der Waals surface area (Å²) in [5.74, 6) is -0.791. The van der Waals surface area contributed by atoms with Crippen LogP contribution in [0.15, 0.2) is 22.7 Å². The Morgan fingerprint density at radius 1 is 1.61 bits per heavy atom. The van der Waals surface area contributed by atoms with Crippen molar-refractivity contribution in [2.45, 2.75) is 25.3 Å². The summed E-state index contributed by atoms with van der Waals surface area (Å²) in [5, 5.41) is 18.1. The molecule has 0 saturated carbocycles. The second-order valence-electron chi connectivity index (χ2n) is 4.33. The standard InChI is InChI=1S/C13H13BrN2O2/c14-11-4-1-5-12(10(11)8-15)16-6-2-3-9(16)7-13(17)18/h1,4-5,9H,2-3,6-7H2,(H,17,18). The number of hydrogen-bond donors (Lipinski definition) is 1. The molecule has 1 fully saturated rings. The van der Waals surface area contributed by atoms with E-state index in [4.69, 9.17) is 5.11 Å². The van der Waals surface area contributed by atoms with Crippen molar-refractivity contribution in [2.75, 3.05) is 11.4 Å². The van der Waals surface area contributed by atoms with Crippen LogP contribution in [0.3, 0.4) is 0 Å². The third kappa shape index (κ3) is 2.49. The quantitative estimate of drug-likeness (QED) is 0.932. The van der Waals surface area contributed by atoms with Gasteiger partial charge in [-0.05, 0) is 40.9 Å². The van der Waals surface area contributed by atoms with Gasteiger partial charge in [0.1, 0.15) is 6.07 Å². The minimum Gasteiger partial charge on any atom is -0.481 e. The third-order valence-corrected chi connectivity index (χ3v) is 3.86. The van der Waals surface area contributed by atoms with E-state index in [1.165, 1.54) is 0 Å². The fraction of sp³-hybridized carbons (Fsp3) is 0.385. The van der Waals surface area contributed by atoms with Crippen LogP contribution in [0, 0.1) is 11.3 Å². The van der Waals surface area contributed by atoms with Crippen molar-refractivity contribution in [1.29, 1.82) is 5.26 Å². The Morgan fingerprint density at radius 3 is 3.06 bits per heavy atom. The highest BCUT2D eigenvalue weighted by Gasteiger charge is 2.28. The molecule has 1 aromatic carbocycles. The number of carboxylic acid groups (broad SMARTS) is 1. The summed E-state index contributed by atoms with van der Waals surface area (Å²) in [4.78, 5) is 12.9. The predicted molar refractivity (Wildman–Crippen MR) is 71.5 cm³/mol. The van der Waals surface area contributed by atoms with Crippen LogP contribution < -0.4 is 4.90 Å². The fourth-order valence-electron chi connectivity index (χ4n) is 2.43. The number of carbonyl (C=O) groups is 1. The van der Waals surface area contributed by atoms with Crippen LogP contribution in [0.25, 0.3) is 0 Å². The SMILES string of the molecule is N#Cc1c(Br)cccc1N1CCCC1CC(=O)O. The molecule has 1 aromatic rings. The largest absolute Gasteiger partial charge is 0.481 e. The van der Waals surface area contributed by atoms with Gasteiger partial charge >= 0.3 is 5.97 Å². The van der Waals surface area contributed by atoms with Crippen LogP contribution in [-0.4, -0.2) is 23.7 Å². The molecule has 4 nitrogen and oxygen atoms in total. The average Bonchev–Trinajstić information content (AvgIpc) is 2.75. The molecule has 94 valence electrons. The van der Waals surface area contributed by atoms with Gasteiger partial charge in [0, 0.05) is 17.1 Å². The van der Waals surface area contributed by atoms with E-state index in [9.17, 15) is 10.1 Å². The third-order valence-electron chi connectivity index (χ3n) is 3.20. The van der Waals surface area contributed by atoms with E-state index in [1.54, 1.807) is 0 Å². The van der Waals surface area contributed by atoms with E-state index in [-0.39, 0.29) is 12.5 Å². The van der Waals surface area contributed by atoms with Crippen molar-refractivity contribution < 1.29 is 9.90 Å². The van der Waals surface area contributed by atoms with Crippen LogP contribution in [0.4, 0.5) is 5.69 Å². The van der Waals surface area contributed by atoms with Crippen LogP contribution in [-0.2, 0) is 4.79 Å². The van der Waals surface area contributed by atoms with Crippen molar-refractivity contribution in [3.05, 3.63) is 28.2 Å². The Balaban J connectivity index is 2.33. The van der Waals surface area contributed by atoms with Gasteiger partial charge in [-0.3, -0.25) is 4.79 Å². The van der Waals surface area contributed by atoms with Crippen LogP contribution in [0.2, 0.25) is 0 Å². The van der Waals surface area contributed by atoms with Gasteiger partial charge in [-0.2, -0.15) is 5.26 Å². The molecular weight excluding hydrogens is 296 g/mol. The fourth-order valence-corrected chi connectivity index (χ4v) is 2.87. The first kappa shape index (κ1) is 12.9. The monoisotopic (exact) mass is 308 g/mol. The number of rotatable bonds is 3. The summed E-state index contributed by atoms with van der Waals surface area (Å²) in [6.45, 7) is 0.809. The highest BCUT2D eigenvalue weighted by atomic mass is 79.9. The summed E-state index contributed by atoms with van der Waals surface area (Å²) in [6.07, 6.45) is 1.95. The molecule has 0 aromatic heterocycles. The first-order valence-corrected chi connectivity index (χ1v) is 6.60. The first-order valence-electron chi connectivity index (χ1n) is 5.80. The maximum absolute atomic E-state index is 10.9. The van der Waals surface area contributed by atoms with Gasteiger partial charge in [0.25, 0.3) is 0 Å². The Kier molecular flexibility index (Phi) is 3.87. The van der Waals surface area contributed by atoms with E-state index in [0.717, 1.165) is 29.5 Å². The van der Waals surface area contributed by atoms with Crippen molar-refractivity contribution in [2.24, 2.45) is 0 Å². The minimum atomic E-state index is -0.791. The summed E-state index contributed by atoms with van der Waals surface area (Å²) in [5.41, 5.74) is 1.41. The molecule has 0 bridgehead atoms. The zero-order chi connectivity index (χ0) is 13.1. The summed E-state index contributed by atoms with van der Waals surface area (Å²) >= 11 is 3.36. The Bertz CT molecular complexity index is 510. The van der Waals surface area contributed by atoms with Crippen LogP contribution in [0.5, 0.6) is 0 Å². The zero-order valence-corrected chi connectivity index (χ0v) is 11.4. The molecule has 2 rings (SSSR count). The summed E-state index contributed by atoms with van der Waals surface area (Å²) in [6, 6.07) is 7.74. The number of halogens is 1. The van der Waals surface area contributed by atoms with Gasteiger partial charge in [-0.1, -0.05) is 6.07 Å². The van der Waals surface area contributed by atoms with Crippen molar-refractivity contribution in [3.63, 3.8) is 0 Å². The molecule has 1 atom stereocenters. The van der Waals surface area contributed by atoms with Gasteiger partial charge in [0.05, 0.1) is 17.7 Å². The predicted octanol–water partition coefficient (Wildman–Crippen LogP) is 2.76. The molecule has 0 spiro atoms.